The molecule has 0 spiro atoms. The topological polar surface area (TPSA) is 92.8 Å². The number of benzene rings is 3. The van der Waals surface area contributed by atoms with Gasteiger partial charge in [-0.15, -0.1) is 0 Å². The zero-order valence-electron chi connectivity index (χ0n) is 19.7. The third kappa shape index (κ3) is 5.63. The largest absolute Gasteiger partial charge is 0.465 e. The number of hydrogen-bond donors (Lipinski definition) is 1. The van der Waals surface area contributed by atoms with Crippen LogP contribution < -0.4 is 9.62 Å². The second-order valence-electron chi connectivity index (χ2n) is 7.91. The van der Waals surface area contributed by atoms with Gasteiger partial charge >= 0.3 is 5.97 Å². The van der Waals surface area contributed by atoms with Gasteiger partial charge in [-0.2, -0.15) is 0 Å². The number of hydrogen-bond acceptors (Lipinski definition) is 5. The molecule has 0 saturated heterocycles. The van der Waals surface area contributed by atoms with Crippen LogP contribution in [0, 0.1) is 13.8 Å². The summed E-state index contributed by atoms with van der Waals surface area (Å²) in [5.74, 6) is -1.07. The van der Waals surface area contributed by atoms with E-state index in [-0.39, 0.29) is 10.5 Å². The van der Waals surface area contributed by atoms with E-state index in [4.69, 9.17) is 4.74 Å². The lowest BCUT2D eigenvalue weighted by atomic mass is 10.1. The van der Waals surface area contributed by atoms with Gasteiger partial charge in [0.05, 0.1) is 23.3 Å². The molecule has 0 bridgehead atoms. The molecule has 0 saturated carbocycles. The van der Waals surface area contributed by atoms with Gasteiger partial charge < -0.3 is 10.1 Å². The summed E-state index contributed by atoms with van der Waals surface area (Å²) in [5, 5.41) is 2.73. The second kappa shape index (κ2) is 10.5. The van der Waals surface area contributed by atoms with E-state index in [9.17, 15) is 18.0 Å². The molecule has 178 valence electrons. The van der Waals surface area contributed by atoms with Gasteiger partial charge in [0.15, 0.2) is 0 Å². The van der Waals surface area contributed by atoms with E-state index in [1.165, 1.54) is 25.3 Å². The van der Waals surface area contributed by atoms with Crippen molar-refractivity contribution in [2.75, 3.05) is 23.3 Å². The van der Waals surface area contributed by atoms with Crippen molar-refractivity contribution in [2.24, 2.45) is 0 Å². The first-order chi connectivity index (χ1) is 16.1. The number of esters is 1. The average Bonchev–Trinajstić information content (AvgIpc) is 2.83. The number of carbonyl (C=O) groups is 2. The lowest BCUT2D eigenvalue weighted by molar-refractivity contribution is -0.114. The summed E-state index contributed by atoms with van der Waals surface area (Å²) in [5.41, 5.74) is 3.77. The van der Waals surface area contributed by atoms with Crippen LogP contribution in [0.15, 0.2) is 71.6 Å². The van der Waals surface area contributed by atoms with Gasteiger partial charge in [0, 0.05) is 5.69 Å². The maximum atomic E-state index is 13.5. The minimum absolute atomic E-state index is 0.0920. The molecule has 0 radical (unpaired) electrons. The summed E-state index contributed by atoms with van der Waals surface area (Å²) in [6, 6.07) is 18.4. The summed E-state index contributed by atoms with van der Waals surface area (Å²) < 4.78 is 32.9. The third-order valence-electron chi connectivity index (χ3n) is 5.46. The normalized spacial score (nSPS) is 11.1. The van der Waals surface area contributed by atoms with Crippen LogP contribution in [0.5, 0.6) is 0 Å². The molecule has 0 aliphatic heterocycles. The van der Waals surface area contributed by atoms with Crippen molar-refractivity contribution >= 4 is 33.3 Å². The van der Waals surface area contributed by atoms with Crippen molar-refractivity contribution in [3.05, 3.63) is 89.0 Å². The SMILES string of the molecule is CCc1ccc(N(CC(=O)Nc2cc(C(=O)OC)ccc2C)S(=O)(=O)c2ccc(C)cc2)cc1. The van der Waals surface area contributed by atoms with Crippen molar-refractivity contribution in [2.45, 2.75) is 32.1 Å². The highest BCUT2D eigenvalue weighted by Gasteiger charge is 2.27. The third-order valence-corrected chi connectivity index (χ3v) is 7.25. The zero-order chi connectivity index (χ0) is 24.9. The van der Waals surface area contributed by atoms with Crippen LogP contribution in [0.2, 0.25) is 0 Å². The highest BCUT2D eigenvalue weighted by Crippen LogP contribution is 2.25. The predicted molar refractivity (Wildman–Crippen MR) is 133 cm³/mol. The summed E-state index contributed by atoms with van der Waals surface area (Å²) >= 11 is 0. The molecule has 0 atom stereocenters. The molecule has 1 amide bonds. The smallest absolute Gasteiger partial charge is 0.337 e. The average molecular weight is 481 g/mol. The van der Waals surface area contributed by atoms with Gasteiger partial charge in [-0.25, -0.2) is 13.2 Å². The molecule has 0 aromatic heterocycles. The Balaban J connectivity index is 1.95. The lowest BCUT2D eigenvalue weighted by Gasteiger charge is -2.24. The first-order valence-electron chi connectivity index (χ1n) is 10.8. The van der Waals surface area contributed by atoms with E-state index < -0.39 is 28.4 Å². The first-order valence-corrected chi connectivity index (χ1v) is 12.3. The monoisotopic (exact) mass is 480 g/mol. The molecule has 1 N–H and O–H groups in total. The van der Waals surface area contributed by atoms with Crippen molar-refractivity contribution in [1.29, 1.82) is 0 Å². The molecule has 0 unspecified atom stereocenters. The first kappa shape index (κ1) is 25.0. The number of amides is 1. The number of anilines is 2. The van der Waals surface area contributed by atoms with Crippen molar-refractivity contribution in [1.82, 2.24) is 0 Å². The van der Waals surface area contributed by atoms with Gasteiger partial charge in [0.25, 0.3) is 10.0 Å². The Morgan fingerprint density at radius 3 is 2.18 bits per heavy atom. The predicted octanol–water partition coefficient (Wildman–Crippen LogP) is 4.49. The molecule has 3 rings (SSSR count). The van der Waals surface area contributed by atoms with Crippen LogP contribution in [-0.2, 0) is 26.0 Å². The van der Waals surface area contributed by atoms with Crippen LogP contribution in [-0.4, -0.2) is 33.9 Å². The standard InChI is InChI=1S/C26H28N2O5S/c1-5-20-9-12-22(13-10-20)28(34(31,32)23-14-6-18(2)7-15-23)17-25(29)27-24-16-21(26(30)33-4)11-8-19(24)3/h6-16H,5,17H2,1-4H3,(H,27,29). The van der Waals surface area contributed by atoms with Crippen LogP contribution in [0.25, 0.3) is 0 Å². The highest BCUT2D eigenvalue weighted by atomic mass is 32.2. The minimum atomic E-state index is -4.02. The molecule has 0 aliphatic rings. The van der Waals surface area contributed by atoms with Crippen molar-refractivity contribution in [3.8, 4) is 0 Å². The van der Waals surface area contributed by atoms with E-state index in [2.05, 4.69) is 5.32 Å². The van der Waals surface area contributed by atoms with Gasteiger partial charge in [-0.05, 0) is 67.8 Å². The number of rotatable bonds is 8. The number of ether oxygens (including phenoxy) is 1. The molecule has 0 aliphatic carbocycles. The van der Waals surface area contributed by atoms with E-state index in [0.29, 0.717) is 11.4 Å². The Morgan fingerprint density at radius 1 is 0.941 bits per heavy atom. The van der Waals surface area contributed by atoms with Gasteiger partial charge in [-0.3, -0.25) is 9.10 Å². The van der Waals surface area contributed by atoms with Crippen LogP contribution in [0.3, 0.4) is 0 Å². The van der Waals surface area contributed by atoms with E-state index in [0.717, 1.165) is 27.4 Å². The zero-order valence-corrected chi connectivity index (χ0v) is 20.5. The summed E-state index contributed by atoms with van der Waals surface area (Å²) in [4.78, 5) is 25.0. The fourth-order valence-corrected chi connectivity index (χ4v) is 4.79. The van der Waals surface area contributed by atoms with Crippen LogP contribution >= 0.6 is 0 Å². The quantitative estimate of drug-likeness (QED) is 0.480. The molecule has 34 heavy (non-hydrogen) atoms. The lowest BCUT2D eigenvalue weighted by Crippen LogP contribution is -2.38. The maximum absolute atomic E-state index is 13.5. The van der Waals surface area contributed by atoms with E-state index in [1.807, 2.05) is 26.0 Å². The number of nitrogens with one attached hydrogen (secondary N) is 1. The summed E-state index contributed by atoms with van der Waals surface area (Å²) in [6.07, 6.45) is 0.807. The molecule has 3 aromatic rings. The highest BCUT2D eigenvalue weighted by molar-refractivity contribution is 7.92. The Labute approximate surface area is 200 Å². The van der Waals surface area contributed by atoms with E-state index >= 15 is 0 Å². The molecule has 7 nitrogen and oxygen atoms in total. The van der Waals surface area contributed by atoms with Gasteiger partial charge in [-0.1, -0.05) is 42.8 Å². The minimum Gasteiger partial charge on any atom is -0.465 e. The maximum Gasteiger partial charge on any atom is 0.337 e. The van der Waals surface area contributed by atoms with Crippen LogP contribution in [0.1, 0.15) is 34.0 Å². The number of nitrogens with zero attached hydrogens (tertiary/aromatic N) is 1. The van der Waals surface area contributed by atoms with Gasteiger partial charge in [0.2, 0.25) is 5.91 Å². The molecular weight excluding hydrogens is 452 g/mol. The number of methoxy groups -OCH3 is 1. The Bertz CT molecular complexity index is 1280. The van der Waals surface area contributed by atoms with E-state index in [1.54, 1.807) is 43.3 Å². The van der Waals surface area contributed by atoms with Crippen LogP contribution in [0.4, 0.5) is 11.4 Å². The fourth-order valence-electron chi connectivity index (χ4n) is 3.37. The molecule has 3 aromatic carbocycles. The van der Waals surface area contributed by atoms with Gasteiger partial charge in [0.1, 0.15) is 6.54 Å². The number of sulfonamides is 1. The number of aryl methyl sites for hydroxylation is 3. The van der Waals surface area contributed by atoms with Crippen molar-refractivity contribution < 1.29 is 22.7 Å². The number of carbonyl (C=O) groups excluding carboxylic acids is 2. The molecule has 0 fully saturated rings. The Hall–Kier alpha value is -3.65. The summed E-state index contributed by atoms with van der Waals surface area (Å²) in [6.45, 7) is 5.22. The van der Waals surface area contributed by atoms with Crippen molar-refractivity contribution in [3.63, 3.8) is 0 Å². The molecule has 8 heteroatoms. The molecule has 0 heterocycles. The Morgan fingerprint density at radius 2 is 1.59 bits per heavy atom. The second-order valence-corrected chi connectivity index (χ2v) is 9.78. The summed E-state index contributed by atoms with van der Waals surface area (Å²) in [7, 11) is -2.74. The fraction of sp³-hybridized carbons (Fsp3) is 0.231. The molecular formula is C26H28N2O5S. The Kier molecular flexibility index (Phi) is 7.73.